The van der Waals surface area contributed by atoms with Crippen molar-refractivity contribution in [1.82, 2.24) is 9.80 Å². The van der Waals surface area contributed by atoms with E-state index in [9.17, 15) is 5.11 Å². The molecule has 3 heteroatoms. The van der Waals surface area contributed by atoms with Gasteiger partial charge in [0.25, 0.3) is 0 Å². The van der Waals surface area contributed by atoms with E-state index in [2.05, 4.69) is 52.3 Å². The minimum Gasteiger partial charge on any atom is -0.396 e. The van der Waals surface area contributed by atoms with Gasteiger partial charge in [0.15, 0.2) is 0 Å². The zero-order chi connectivity index (χ0) is 18.9. The first-order chi connectivity index (χ1) is 13.8. The molecule has 148 valence electrons. The van der Waals surface area contributed by atoms with Gasteiger partial charge in [-0.3, -0.25) is 9.80 Å². The molecule has 5 rings (SSSR count). The van der Waals surface area contributed by atoms with Crippen LogP contribution in [0.25, 0.3) is 11.1 Å². The summed E-state index contributed by atoms with van der Waals surface area (Å²) in [5, 5.41) is 9.39. The zero-order valence-electron chi connectivity index (χ0n) is 16.8. The first kappa shape index (κ1) is 18.4. The molecule has 0 radical (unpaired) electrons. The average molecular weight is 377 g/mol. The molecule has 0 spiro atoms. The monoisotopic (exact) mass is 376 g/mol. The van der Waals surface area contributed by atoms with Crippen molar-refractivity contribution >= 4 is 0 Å². The molecule has 2 aliphatic heterocycles. The van der Waals surface area contributed by atoms with Gasteiger partial charge in [-0.25, -0.2) is 0 Å². The van der Waals surface area contributed by atoms with Gasteiger partial charge in [0.05, 0.1) is 0 Å². The summed E-state index contributed by atoms with van der Waals surface area (Å²) in [6.45, 7) is 6.20. The fourth-order valence-corrected chi connectivity index (χ4v) is 5.53. The van der Waals surface area contributed by atoms with Gasteiger partial charge in [-0.15, -0.1) is 0 Å². The molecular weight excluding hydrogens is 344 g/mol. The second-order valence-electron chi connectivity index (χ2n) is 9.02. The summed E-state index contributed by atoms with van der Waals surface area (Å²) in [5.41, 5.74) is 7.29. The average Bonchev–Trinajstić information content (AvgIpc) is 3.12. The minimum atomic E-state index is 0.368. The van der Waals surface area contributed by atoms with E-state index in [1.165, 1.54) is 79.7 Å². The van der Waals surface area contributed by atoms with E-state index in [-0.39, 0.29) is 0 Å². The molecule has 3 nitrogen and oxygen atoms in total. The molecule has 28 heavy (non-hydrogen) atoms. The molecule has 0 unspecified atom stereocenters. The molecule has 1 N–H and O–H groups in total. The lowest BCUT2D eigenvalue weighted by molar-refractivity contribution is 0.0544. The molecule has 0 saturated carbocycles. The van der Waals surface area contributed by atoms with Crippen molar-refractivity contribution in [2.75, 3.05) is 32.8 Å². The normalized spacial score (nSPS) is 23.5. The Morgan fingerprint density at radius 1 is 0.893 bits per heavy atom. The van der Waals surface area contributed by atoms with Gasteiger partial charge in [-0.1, -0.05) is 42.5 Å². The second kappa shape index (κ2) is 7.98. The van der Waals surface area contributed by atoms with E-state index < -0.39 is 0 Å². The highest BCUT2D eigenvalue weighted by atomic mass is 16.3. The van der Waals surface area contributed by atoms with Gasteiger partial charge in [-0.2, -0.15) is 0 Å². The first-order valence-corrected chi connectivity index (χ1v) is 11.1. The van der Waals surface area contributed by atoms with Gasteiger partial charge < -0.3 is 5.11 Å². The Morgan fingerprint density at radius 3 is 2.57 bits per heavy atom. The van der Waals surface area contributed by atoms with Gasteiger partial charge >= 0.3 is 0 Å². The van der Waals surface area contributed by atoms with Crippen LogP contribution in [0.5, 0.6) is 0 Å². The molecule has 1 atom stereocenters. The van der Waals surface area contributed by atoms with Crippen molar-refractivity contribution < 1.29 is 5.11 Å². The highest BCUT2D eigenvalue weighted by Crippen LogP contribution is 2.37. The third-order valence-corrected chi connectivity index (χ3v) is 7.17. The lowest BCUT2D eigenvalue weighted by atomic mass is 9.94. The van der Waals surface area contributed by atoms with Crippen molar-refractivity contribution in [3.63, 3.8) is 0 Å². The lowest BCUT2D eigenvalue weighted by Crippen LogP contribution is -2.50. The van der Waals surface area contributed by atoms with Crippen molar-refractivity contribution in [3.05, 3.63) is 59.2 Å². The number of rotatable bonds is 4. The number of hydrogen-bond donors (Lipinski definition) is 1. The maximum absolute atomic E-state index is 9.39. The molecule has 0 aromatic heterocycles. The summed E-state index contributed by atoms with van der Waals surface area (Å²) in [5.74, 6) is 0.534. The summed E-state index contributed by atoms with van der Waals surface area (Å²) in [4.78, 5) is 5.35. The number of piperidine rings is 2. The third kappa shape index (κ3) is 3.63. The lowest BCUT2D eigenvalue weighted by Gasteiger charge is -2.42. The maximum atomic E-state index is 9.39. The summed E-state index contributed by atoms with van der Waals surface area (Å²) in [6.07, 6.45) is 6.05. The van der Waals surface area contributed by atoms with Crippen LogP contribution in [0.4, 0.5) is 0 Å². The largest absolute Gasteiger partial charge is 0.396 e. The standard InChI is InChI=1S/C25H32N2O/c28-18-19-9-12-27(13-10-19)23-5-3-11-26(17-23)16-20-7-8-25-22(14-20)15-21-4-1-2-6-24(21)25/h1-2,4,6-8,14,19,23,28H,3,5,9-13,15-18H2/t23-/m0/s1. The Morgan fingerprint density at radius 2 is 1.71 bits per heavy atom. The fourth-order valence-electron chi connectivity index (χ4n) is 5.53. The predicted octanol–water partition coefficient (Wildman–Crippen LogP) is 3.93. The number of aliphatic hydroxyl groups is 1. The Hall–Kier alpha value is -1.68. The van der Waals surface area contributed by atoms with Crippen LogP contribution in [0.3, 0.4) is 0 Å². The van der Waals surface area contributed by atoms with E-state index in [0.717, 1.165) is 13.0 Å². The molecule has 2 aromatic carbocycles. The number of fused-ring (bicyclic) bond motifs is 3. The Balaban J connectivity index is 1.23. The topological polar surface area (TPSA) is 26.7 Å². The van der Waals surface area contributed by atoms with E-state index >= 15 is 0 Å². The fraction of sp³-hybridized carbons (Fsp3) is 0.520. The first-order valence-electron chi connectivity index (χ1n) is 11.1. The van der Waals surface area contributed by atoms with Crippen LogP contribution < -0.4 is 0 Å². The molecule has 2 saturated heterocycles. The number of hydrogen-bond acceptors (Lipinski definition) is 3. The molecule has 2 heterocycles. The summed E-state index contributed by atoms with van der Waals surface area (Å²) in [6, 6.07) is 16.7. The summed E-state index contributed by atoms with van der Waals surface area (Å²) in [7, 11) is 0. The maximum Gasteiger partial charge on any atom is 0.0460 e. The quantitative estimate of drug-likeness (QED) is 0.747. The van der Waals surface area contributed by atoms with Crippen LogP contribution in [-0.4, -0.2) is 53.7 Å². The van der Waals surface area contributed by atoms with Crippen molar-refractivity contribution in [3.8, 4) is 11.1 Å². The second-order valence-corrected chi connectivity index (χ2v) is 9.02. The Bertz CT molecular complexity index is 825. The van der Waals surface area contributed by atoms with Crippen molar-refractivity contribution in [2.24, 2.45) is 5.92 Å². The Kier molecular flexibility index (Phi) is 5.23. The Labute approximate surface area is 169 Å². The smallest absolute Gasteiger partial charge is 0.0460 e. The van der Waals surface area contributed by atoms with Crippen LogP contribution >= 0.6 is 0 Å². The van der Waals surface area contributed by atoms with Gasteiger partial charge in [0.1, 0.15) is 0 Å². The van der Waals surface area contributed by atoms with E-state index in [0.29, 0.717) is 18.6 Å². The highest BCUT2D eigenvalue weighted by Gasteiger charge is 2.28. The highest BCUT2D eigenvalue weighted by molar-refractivity contribution is 5.76. The zero-order valence-corrected chi connectivity index (χ0v) is 16.8. The predicted molar refractivity (Wildman–Crippen MR) is 114 cm³/mol. The molecule has 1 aliphatic carbocycles. The van der Waals surface area contributed by atoms with Crippen molar-refractivity contribution in [2.45, 2.75) is 44.7 Å². The van der Waals surface area contributed by atoms with Gasteiger partial charge in [-0.05, 0) is 85.5 Å². The minimum absolute atomic E-state index is 0.368. The molecule has 3 aliphatic rings. The van der Waals surface area contributed by atoms with Gasteiger partial charge in [0.2, 0.25) is 0 Å². The van der Waals surface area contributed by atoms with Crippen molar-refractivity contribution in [1.29, 1.82) is 0 Å². The summed E-state index contributed by atoms with van der Waals surface area (Å²) >= 11 is 0. The summed E-state index contributed by atoms with van der Waals surface area (Å²) < 4.78 is 0. The van der Waals surface area contributed by atoms with E-state index in [1.807, 2.05) is 0 Å². The number of benzene rings is 2. The third-order valence-electron chi connectivity index (χ3n) is 7.17. The van der Waals surface area contributed by atoms with Crippen LogP contribution in [0.15, 0.2) is 42.5 Å². The van der Waals surface area contributed by atoms with Gasteiger partial charge in [0, 0.05) is 25.7 Å². The van der Waals surface area contributed by atoms with Crippen LogP contribution in [0.1, 0.15) is 42.4 Å². The van der Waals surface area contributed by atoms with Crippen LogP contribution in [0, 0.1) is 5.92 Å². The van der Waals surface area contributed by atoms with Crippen LogP contribution in [-0.2, 0) is 13.0 Å². The van der Waals surface area contributed by atoms with Crippen LogP contribution in [0.2, 0.25) is 0 Å². The number of nitrogens with zero attached hydrogens (tertiary/aromatic N) is 2. The molecule has 2 aromatic rings. The van der Waals surface area contributed by atoms with E-state index in [4.69, 9.17) is 0 Å². The molecule has 0 amide bonds. The number of likely N-dealkylation sites (tertiary alicyclic amines) is 2. The molecular formula is C25H32N2O. The van der Waals surface area contributed by atoms with E-state index in [1.54, 1.807) is 0 Å². The number of aliphatic hydroxyl groups excluding tert-OH is 1. The SMILES string of the molecule is OCC1CCN([C@H]2CCCN(Cc3ccc4c(c3)Cc3ccccc3-4)C2)CC1. The molecule has 2 fully saturated rings. The molecule has 0 bridgehead atoms.